The van der Waals surface area contributed by atoms with Crippen LogP contribution in [0.25, 0.3) is 22.3 Å². The number of ether oxygens (including phenoxy) is 3. The van der Waals surface area contributed by atoms with Gasteiger partial charge in [0.2, 0.25) is 42.2 Å². The highest BCUT2D eigenvalue weighted by Crippen LogP contribution is 2.44. The normalized spacial score (nSPS) is 18.8. The fourth-order valence-corrected chi connectivity index (χ4v) is 9.99. The number of carbonyl (C=O) groups excluding carboxylic acids is 9. The van der Waals surface area contributed by atoms with Crippen molar-refractivity contribution in [1.82, 2.24) is 46.4 Å². The molecule has 1 saturated carbocycles. The first-order valence-electron chi connectivity index (χ1n) is 26.7. The maximum atomic E-state index is 14.2. The molecule has 9 rings (SSSR count). The number of aliphatic hydroxyl groups is 2. The summed E-state index contributed by atoms with van der Waals surface area (Å²) in [5.74, 6) is -6.60. The molecule has 78 heavy (non-hydrogen) atoms. The van der Waals surface area contributed by atoms with E-state index < -0.39 is 97.0 Å². The molecule has 0 bridgehead atoms. The molecule has 0 radical (unpaired) electrons. The number of unbranched alkanes of at least 4 members (excludes halogenated alkanes) is 2. The molecule has 0 spiro atoms. The second kappa shape index (κ2) is 23.4. The van der Waals surface area contributed by atoms with Crippen LogP contribution in [0, 0.1) is 11.8 Å². The van der Waals surface area contributed by atoms with Crippen molar-refractivity contribution in [2.45, 2.75) is 95.7 Å². The van der Waals surface area contributed by atoms with Crippen LogP contribution in [-0.2, 0) is 79.6 Å². The smallest absolute Gasteiger partial charge is 0.343 e. The number of benzene rings is 2. The van der Waals surface area contributed by atoms with E-state index in [1.807, 2.05) is 0 Å². The molecule has 1 unspecified atom stereocenters. The number of fused-ring (bicyclic) bond motifs is 6. The summed E-state index contributed by atoms with van der Waals surface area (Å²) < 4.78 is 33.5. The van der Waals surface area contributed by atoms with Gasteiger partial charge in [0.15, 0.2) is 17.1 Å². The monoisotopic (exact) mass is 1080 g/mol. The summed E-state index contributed by atoms with van der Waals surface area (Å²) in [6.45, 7) is -3.13. The second-order valence-corrected chi connectivity index (χ2v) is 19.6. The lowest BCUT2D eigenvalue weighted by Crippen LogP contribution is -2.52. The Balaban J connectivity index is 0.786. The van der Waals surface area contributed by atoms with Gasteiger partial charge in [0.05, 0.1) is 60.7 Å². The maximum Gasteiger partial charge on any atom is 0.343 e. The Labute approximate surface area is 448 Å². The van der Waals surface area contributed by atoms with E-state index in [0.29, 0.717) is 65.6 Å². The van der Waals surface area contributed by atoms with Gasteiger partial charge in [-0.15, -0.1) is 0 Å². The van der Waals surface area contributed by atoms with Crippen LogP contribution < -0.4 is 46.9 Å². The molecule has 4 aliphatic heterocycles. The Kier molecular flexibility index (Phi) is 15.5. The third-order valence-electron chi connectivity index (χ3n) is 14.4. The molecule has 8 N–H and O–H groups in total. The highest BCUT2D eigenvalue weighted by molar-refractivity contribution is 6.12. The molecule has 1 aliphatic carbocycles. The molecule has 2 aromatic carbocycles. The van der Waals surface area contributed by atoms with Crippen molar-refractivity contribution in [3.05, 3.63) is 98.9 Å². The van der Waals surface area contributed by atoms with Gasteiger partial charge in [0.25, 0.3) is 17.4 Å². The summed E-state index contributed by atoms with van der Waals surface area (Å²) >= 11 is 0. The Hall–Kier alpha value is -8.51. The average Bonchev–Trinajstić information content (AvgIpc) is 4.14. The molecule has 4 atom stereocenters. The van der Waals surface area contributed by atoms with E-state index in [4.69, 9.17) is 21.9 Å². The van der Waals surface area contributed by atoms with E-state index in [9.17, 15) is 58.2 Å². The summed E-state index contributed by atoms with van der Waals surface area (Å²) in [7, 11) is 0. The highest BCUT2D eigenvalue weighted by Gasteiger charge is 2.46. The lowest BCUT2D eigenvalue weighted by molar-refractivity contribution is -0.172. The largest absolute Gasteiger partial charge is 0.458 e. The number of nitrogens with one attached hydrogen (secondary N) is 6. The number of carbonyl (C=O) groups is 9. The van der Waals surface area contributed by atoms with Gasteiger partial charge in [-0.2, -0.15) is 0 Å². The van der Waals surface area contributed by atoms with Crippen molar-refractivity contribution < 1.29 is 70.3 Å². The summed E-state index contributed by atoms with van der Waals surface area (Å²) in [5.41, 5.74) is 0.144. The van der Waals surface area contributed by atoms with Crippen LogP contribution in [0.1, 0.15) is 82.4 Å². The summed E-state index contributed by atoms with van der Waals surface area (Å²) in [4.78, 5) is 135. The van der Waals surface area contributed by atoms with Crippen LogP contribution in [0.4, 0.5) is 0 Å². The molecule has 24 heteroatoms. The number of cyclic esters (lactones) is 1. The van der Waals surface area contributed by atoms with E-state index in [2.05, 4.69) is 31.9 Å². The van der Waals surface area contributed by atoms with Gasteiger partial charge in [-0.25, -0.2) is 9.78 Å². The summed E-state index contributed by atoms with van der Waals surface area (Å²) in [6.07, 6.45) is 3.79. The molecular formula is C54H59N9O15. The first-order chi connectivity index (χ1) is 38.2. The minimum Gasteiger partial charge on any atom is -0.458 e. The van der Waals surface area contributed by atoms with Gasteiger partial charge in [-0.3, -0.25) is 48.1 Å². The average molecular weight is 1080 g/mol. The summed E-state index contributed by atoms with van der Waals surface area (Å²) in [6, 6.07) is 12.0. The van der Waals surface area contributed by atoms with E-state index in [0.717, 1.165) is 4.90 Å². The van der Waals surface area contributed by atoms with E-state index >= 15 is 0 Å². The first kappa shape index (κ1) is 51.6. The number of imide groups is 1. The second-order valence-electron chi connectivity index (χ2n) is 19.6. The highest BCUT2D eigenvalue weighted by atomic mass is 16.7. The minimum absolute atomic E-state index is 0.0101. The number of pyridine rings is 2. The van der Waals surface area contributed by atoms with Crippen molar-refractivity contribution in [3.8, 4) is 22.9 Å². The Morgan fingerprint density at radius 3 is 2.23 bits per heavy atom. The number of aromatic nitrogens is 2. The van der Waals surface area contributed by atoms with Crippen molar-refractivity contribution >= 4 is 64.1 Å². The third-order valence-corrected chi connectivity index (χ3v) is 14.4. The lowest BCUT2D eigenvalue weighted by Gasteiger charge is -2.31. The van der Waals surface area contributed by atoms with Crippen molar-refractivity contribution in [2.75, 3.05) is 39.5 Å². The molecule has 5 aliphatic rings. The van der Waals surface area contributed by atoms with E-state index in [1.54, 1.807) is 37.3 Å². The minimum atomic E-state index is -2.48. The standard InChI is InChI=1S/C54H59N9O15/c1-2-54(75)35-19-38-49-33(26-63(38)52(73)34(35)27-76-53(54)74)32(31-18-40-41(78-28-77-40)20-36(31)61-49)21-58-51(72)48(30-12-13-30)39(64)22-55-44(67)24-59-50(71)37(17-29-9-5-3-6-10-29)60-45(68)25-57-43(66)23-56-42(65)11-7-4-8-16-62-46(69)14-15-47(62)70/h3,5-6,9-10,14-15,18-20,30,37,39,48,64,75H,2,4,7-8,11-13,16-17,21-28H2,1H3,(H,55,67)(H,56,65)(H,57,66)(H,58,72)(H,59,71)(H,60,68)/t37-,39?,48-,54-/m0/s1/i28D2. The Morgan fingerprint density at radius 1 is 0.808 bits per heavy atom. The van der Waals surface area contributed by atoms with Crippen molar-refractivity contribution in [3.63, 3.8) is 0 Å². The predicted octanol–water partition coefficient (Wildman–Crippen LogP) is -0.511. The fourth-order valence-electron chi connectivity index (χ4n) is 9.99. The summed E-state index contributed by atoms with van der Waals surface area (Å²) in [5, 5.41) is 38.7. The van der Waals surface area contributed by atoms with Crippen LogP contribution in [0.15, 0.2) is 65.5 Å². The van der Waals surface area contributed by atoms with Gasteiger partial charge < -0.3 is 60.9 Å². The van der Waals surface area contributed by atoms with Crippen LogP contribution in [0.3, 0.4) is 0 Å². The number of nitrogens with zero attached hydrogens (tertiary/aromatic N) is 3. The van der Waals surface area contributed by atoms with Crippen LogP contribution >= 0.6 is 0 Å². The number of hydrogen-bond acceptors (Lipinski definition) is 16. The Morgan fingerprint density at radius 2 is 1.50 bits per heavy atom. The SMILES string of the molecule is [2H]C1([2H])Oc2cc3nc4c(c(CNC(=O)[C@H](C(O)CNC(=O)CNC(=O)[C@H](Cc5ccccc5)NC(=O)CNC(=O)CNC(=O)CCCCCN5C(=O)C=CC5=O)C5CC5)c3cc2O1)Cn1c-4cc2c(c1=O)COC(=O)[C@]2(O)CC. The van der Waals surface area contributed by atoms with Crippen LogP contribution in [0.5, 0.6) is 11.5 Å². The van der Waals surface area contributed by atoms with Crippen molar-refractivity contribution in [1.29, 1.82) is 0 Å². The Bertz CT molecular complexity index is 3280. The number of amides is 8. The quantitative estimate of drug-likeness (QED) is 0.0219. The molecule has 410 valence electrons. The fraction of sp³-hybridized carbons (Fsp3) is 0.426. The van der Waals surface area contributed by atoms with Gasteiger partial charge in [-0.05, 0) is 61.3 Å². The van der Waals surface area contributed by atoms with Gasteiger partial charge in [0, 0.05) is 67.2 Å². The topological polar surface area (TPSA) is 332 Å². The number of esters is 1. The molecule has 8 amide bonds. The molecular weight excluding hydrogens is 1010 g/mol. The lowest BCUT2D eigenvalue weighted by atomic mass is 9.86. The zero-order valence-corrected chi connectivity index (χ0v) is 42.4. The predicted molar refractivity (Wildman–Crippen MR) is 273 cm³/mol. The molecule has 4 aromatic rings. The van der Waals surface area contributed by atoms with E-state index in [1.165, 1.54) is 34.9 Å². The van der Waals surface area contributed by atoms with E-state index in [-0.39, 0.29) is 97.9 Å². The molecule has 2 aromatic heterocycles. The van der Waals surface area contributed by atoms with Gasteiger partial charge >= 0.3 is 5.97 Å². The number of rotatable bonds is 24. The molecule has 0 saturated heterocycles. The first-order valence-corrected chi connectivity index (χ1v) is 25.7. The zero-order chi connectivity index (χ0) is 57.0. The van der Waals surface area contributed by atoms with Crippen LogP contribution in [-0.4, -0.2) is 130 Å². The molecule has 24 nitrogen and oxygen atoms in total. The maximum absolute atomic E-state index is 14.2. The number of aliphatic hydroxyl groups excluding tert-OH is 1. The van der Waals surface area contributed by atoms with Crippen LogP contribution in [0.2, 0.25) is 0 Å². The molecule has 6 heterocycles. The third kappa shape index (κ3) is 11.9. The van der Waals surface area contributed by atoms with Gasteiger partial charge in [-0.1, -0.05) is 43.7 Å². The van der Waals surface area contributed by atoms with Crippen molar-refractivity contribution in [2.24, 2.45) is 11.8 Å². The zero-order valence-electron chi connectivity index (χ0n) is 44.4. The number of hydrogen-bond donors (Lipinski definition) is 8. The van der Waals surface area contributed by atoms with Gasteiger partial charge in [0.1, 0.15) is 15.4 Å². The molecule has 1 fully saturated rings.